The second-order valence-electron chi connectivity index (χ2n) is 5.21. The van der Waals surface area contributed by atoms with Gasteiger partial charge in [-0.05, 0) is 36.1 Å². The molecule has 22 heavy (non-hydrogen) atoms. The number of nitrogens with two attached hydrogens (primary N) is 1. The van der Waals surface area contributed by atoms with Crippen molar-refractivity contribution in [2.24, 2.45) is 0 Å². The summed E-state index contributed by atoms with van der Waals surface area (Å²) < 4.78 is 0. The molecule has 0 aliphatic rings. The summed E-state index contributed by atoms with van der Waals surface area (Å²) in [6.07, 6.45) is 0. The number of anilines is 2. The minimum atomic E-state index is -0.364. The molecular weight excluding hydrogens is 276 g/mol. The third-order valence-corrected chi connectivity index (χ3v) is 3.66. The second kappa shape index (κ2) is 5.41. The number of amides is 1. The molecule has 4 N–H and O–H groups in total. The van der Waals surface area contributed by atoms with Gasteiger partial charge in [0.05, 0.1) is 5.56 Å². The van der Waals surface area contributed by atoms with Gasteiger partial charge in [-0.2, -0.15) is 0 Å². The lowest BCUT2D eigenvalue weighted by Gasteiger charge is -2.11. The number of nitrogen functional groups attached to an aromatic ring is 1. The molecule has 0 bridgehead atoms. The van der Waals surface area contributed by atoms with Crippen LogP contribution in [-0.4, -0.2) is 11.0 Å². The Kier molecular flexibility index (Phi) is 3.43. The van der Waals surface area contributed by atoms with Gasteiger partial charge in [0.25, 0.3) is 5.91 Å². The van der Waals surface area contributed by atoms with Crippen molar-refractivity contribution in [2.75, 3.05) is 11.1 Å². The third kappa shape index (κ3) is 2.46. The predicted molar refractivity (Wildman–Crippen MR) is 89.2 cm³/mol. The molecule has 0 radical (unpaired) electrons. The molecule has 4 heteroatoms. The van der Waals surface area contributed by atoms with Crippen molar-refractivity contribution >= 4 is 28.1 Å². The van der Waals surface area contributed by atoms with Crippen LogP contribution in [-0.2, 0) is 0 Å². The molecule has 0 aliphatic heterocycles. The van der Waals surface area contributed by atoms with Crippen LogP contribution in [0.1, 0.15) is 15.9 Å². The summed E-state index contributed by atoms with van der Waals surface area (Å²) in [5.74, 6) is -0.380. The summed E-state index contributed by atoms with van der Waals surface area (Å²) in [5, 5.41) is 14.7. The van der Waals surface area contributed by atoms with Gasteiger partial charge in [-0.1, -0.05) is 36.4 Å². The molecule has 0 unspecified atom stereocenters. The van der Waals surface area contributed by atoms with Crippen LogP contribution >= 0.6 is 0 Å². The largest absolute Gasteiger partial charge is 0.506 e. The van der Waals surface area contributed by atoms with E-state index in [9.17, 15) is 9.90 Å². The number of hydrogen-bond acceptors (Lipinski definition) is 3. The quantitative estimate of drug-likeness (QED) is 0.630. The van der Waals surface area contributed by atoms with Crippen LogP contribution < -0.4 is 11.1 Å². The highest BCUT2D eigenvalue weighted by atomic mass is 16.3. The Hall–Kier alpha value is -3.01. The van der Waals surface area contributed by atoms with Crippen LogP contribution in [0.15, 0.2) is 54.6 Å². The summed E-state index contributed by atoms with van der Waals surface area (Å²) in [4.78, 5) is 12.4. The van der Waals surface area contributed by atoms with Gasteiger partial charge in [-0.3, -0.25) is 4.79 Å². The van der Waals surface area contributed by atoms with Crippen molar-refractivity contribution < 1.29 is 9.90 Å². The Morgan fingerprint density at radius 3 is 2.68 bits per heavy atom. The summed E-state index contributed by atoms with van der Waals surface area (Å²) in [5.41, 5.74) is 8.10. The molecule has 0 aromatic heterocycles. The highest BCUT2D eigenvalue weighted by molar-refractivity contribution is 6.10. The van der Waals surface area contributed by atoms with E-state index in [0.717, 1.165) is 10.9 Å². The number of carbonyl (C=O) groups is 1. The number of phenolic OH excluding ortho intramolecular Hbond substituents is 1. The number of benzene rings is 3. The number of rotatable bonds is 2. The van der Waals surface area contributed by atoms with Gasteiger partial charge in [0.1, 0.15) is 5.75 Å². The van der Waals surface area contributed by atoms with E-state index in [1.165, 1.54) is 0 Å². The van der Waals surface area contributed by atoms with E-state index >= 15 is 0 Å². The van der Waals surface area contributed by atoms with Crippen molar-refractivity contribution in [2.45, 2.75) is 6.92 Å². The molecule has 3 rings (SSSR count). The molecular formula is C18H16N2O2. The minimum absolute atomic E-state index is 0.0165. The molecule has 3 aromatic carbocycles. The third-order valence-electron chi connectivity index (χ3n) is 3.66. The zero-order chi connectivity index (χ0) is 15.7. The Balaban J connectivity index is 1.99. The van der Waals surface area contributed by atoms with Gasteiger partial charge in [0.2, 0.25) is 0 Å². The Morgan fingerprint density at radius 2 is 1.86 bits per heavy atom. The van der Waals surface area contributed by atoms with Crippen molar-refractivity contribution in [3.05, 3.63) is 65.7 Å². The van der Waals surface area contributed by atoms with Crippen LogP contribution in [0, 0.1) is 6.92 Å². The van der Waals surface area contributed by atoms with E-state index in [1.807, 2.05) is 37.3 Å². The molecule has 0 fully saturated rings. The zero-order valence-corrected chi connectivity index (χ0v) is 12.1. The number of fused-ring (bicyclic) bond motifs is 1. The Labute approximate surface area is 128 Å². The zero-order valence-electron chi connectivity index (χ0n) is 12.1. The lowest BCUT2D eigenvalue weighted by Crippen LogP contribution is -2.13. The van der Waals surface area contributed by atoms with E-state index in [1.54, 1.807) is 24.3 Å². The van der Waals surface area contributed by atoms with Gasteiger partial charge in [-0.25, -0.2) is 0 Å². The Bertz CT molecular complexity index is 872. The molecule has 110 valence electrons. The Morgan fingerprint density at radius 1 is 1.09 bits per heavy atom. The van der Waals surface area contributed by atoms with Crippen molar-refractivity contribution in [3.8, 4) is 5.75 Å². The summed E-state index contributed by atoms with van der Waals surface area (Å²) >= 11 is 0. The number of nitrogens with one attached hydrogen (secondary N) is 1. The fraction of sp³-hybridized carbons (Fsp3) is 0.0556. The molecule has 0 aliphatic carbocycles. The highest BCUT2D eigenvalue weighted by Gasteiger charge is 2.14. The predicted octanol–water partition coefficient (Wildman–Crippen LogP) is 3.69. The average Bonchev–Trinajstić information content (AvgIpc) is 2.51. The SMILES string of the molecule is Cc1ccc(N)cc1NC(=O)c1ccc2ccccc2c1O. The smallest absolute Gasteiger partial charge is 0.259 e. The summed E-state index contributed by atoms with van der Waals surface area (Å²) in [6.45, 7) is 1.88. The first kappa shape index (κ1) is 13.9. The van der Waals surface area contributed by atoms with Crippen LogP contribution in [0.2, 0.25) is 0 Å². The fourth-order valence-electron chi connectivity index (χ4n) is 2.40. The number of aryl methyl sites for hydroxylation is 1. The van der Waals surface area contributed by atoms with Crippen molar-refractivity contribution in [3.63, 3.8) is 0 Å². The molecule has 0 heterocycles. The van der Waals surface area contributed by atoms with E-state index < -0.39 is 0 Å². The number of carbonyl (C=O) groups excluding carboxylic acids is 1. The lowest BCUT2D eigenvalue weighted by molar-refractivity contribution is 0.102. The van der Waals surface area contributed by atoms with Gasteiger partial charge in [0, 0.05) is 16.8 Å². The van der Waals surface area contributed by atoms with E-state index in [4.69, 9.17) is 5.73 Å². The average molecular weight is 292 g/mol. The molecule has 0 atom stereocenters. The fourth-order valence-corrected chi connectivity index (χ4v) is 2.40. The van der Waals surface area contributed by atoms with Crippen LogP contribution in [0.4, 0.5) is 11.4 Å². The maximum absolute atomic E-state index is 12.4. The lowest BCUT2D eigenvalue weighted by atomic mass is 10.0. The monoisotopic (exact) mass is 292 g/mol. The van der Waals surface area contributed by atoms with Crippen molar-refractivity contribution in [1.29, 1.82) is 0 Å². The number of hydrogen-bond donors (Lipinski definition) is 3. The van der Waals surface area contributed by atoms with E-state index in [2.05, 4.69) is 5.32 Å². The highest BCUT2D eigenvalue weighted by Crippen LogP contribution is 2.29. The standard InChI is InChI=1S/C18H16N2O2/c1-11-6-8-13(19)10-16(11)20-18(22)15-9-7-12-4-2-3-5-14(12)17(15)21/h2-10,21H,19H2,1H3,(H,20,22). The van der Waals surface area contributed by atoms with Gasteiger partial charge >= 0.3 is 0 Å². The van der Waals surface area contributed by atoms with Crippen molar-refractivity contribution in [1.82, 2.24) is 0 Å². The first-order valence-corrected chi connectivity index (χ1v) is 6.94. The minimum Gasteiger partial charge on any atom is -0.506 e. The molecule has 0 saturated heterocycles. The molecule has 3 aromatic rings. The van der Waals surface area contributed by atoms with Crippen LogP contribution in [0.5, 0.6) is 5.75 Å². The topological polar surface area (TPSA) is 75.3 Å². The normalized spacial score (nSPS) is 10.6. The molecule has 0 spiro atoms. The van der Waals surface area contributed by atoms with Crippen LogP contribution in [0.3, 0.4) is 0 Å². The van der Waals surface area contributed by atoms with E-state index in [-0.39, 0.29) is 17.2 Å². The maximum Gasteiger partial charge on any atom is 0.259 e. The molecule has 4 nitrogen and oxygen atoms in total. The number of aromatic hydroxyl groups is 1. The maximum atomic E-state index is 12.4. The van der Waals surface area contributed by atoms with Gasteiger partial charge in [0.15, 0.2) is 0 Å². The first-order chi connectivity index (χ1) is 10.6. The first-order valence-electron chi connectivity index (χ1n) is 6.94. The van der Waals surface area contributed by atoms with E-state index in [0.29, 0.717) is 16.8 Å². The number of phenols is 1. The van der Waals surface area contributed by atoms with Gasteiger partial charge < -0.3 is 16.2 Å². The summed E-state index contributed by atoms with van der Waals surface area (Å²) in [7, 11) is 0. The van der Waals surface area contributed by atoms with Gasteiger partial charge in [-0.15, -0.1) is 0 Å². The van der Waals surface area contributed by atoms with Crippen LogP contribution in [0.25, 0.3) is 10.8 Å². The molecule has 0 saturated carbocycles. The molecule has 1 amide bonds. The second-order valence-corrected chi connectivity index (χ2v) is 5.21. The summed E-state index contributed by atoms with van der Waals surface area (Å²) in [6, 6.07) is 16.1.